The van der Waals surface area contributed by atoms with Crippen molar-refractivity contribution >= 4 is 46.4 Å². The van der Waals surface area contributed by atoms with Crippen LogP contribution in [0.25, 0.3) is 0 Å². The largest absolute Gasteiger partial charge is 0.492 e. The third-order valence-electron chi connectivity index (χ3n) is 5.33. The average molecular weight is 534 g/mol. The van der Waals surface area contributed by atoms with Gasteiger partial charge in [-0.2, -0.15) is 0 Å². The number of para-hydroxylation sites is 2. The molecule has 1 fully saturated rings. The standard InChI is InChI=1S/C18H22ClNO.C9H9Cl2N3/c1-16(15-21-18-10-6-3-7-11-18)20(13-12-19)14-17-8-4-2-5-9-17;10-6-2-1-3-7(11)8(6)14-9-12-4-5-13-9/h2-11,16H,12-15H2,1H3;1-3H,4-5H2,(H2,12,13,14). The van der Waals surface area contributed by atoms with E-state index in [0.29, 0.717) is 34.3 Å². The highest BCUT2D eigenvalue weighted by molar-refractivity contribution is 6.38. The van der Waals surface area contributed by atoms with Crippen LogP contribution in [-0.4, -0.2) is 49.0 Å². The normalized spacial score (nSPS) is 13.3. The first kappa shape index (κ1) is 27.2. The number of ether oxygens (including phenoxy) is 1. The zero-order valence-corrected chi connectivity index (χ0v) is 22.0. The lowest BCUT2D eigenvalue weighted by molar-refractivity contribution is 0.146. The van der Waals surface area contributed by atoms with Gasteiger partial charge in [0.05, 0.1) is 10.0 Å². The third kappa shape index (κ3) is 9.26. The Morgan fingerprint density at radius 3 is 2.09 bits per heavy atom. The molecule has 3 aromatic carbocycles. The maximum atomic E-state index is 5.96. The summed E-state index contributed by atoms with van der Waals surface area (Å²) in [6.07, 6.45) is 0. The maximum absolute atomic E-state index is 5.96. The van der Waals surface area contributed by atoms with E-state index in [9.17, 15) is 0 Å². The highest BCUT2D eigenvalue weighted by atomic mass is 35.5. The fraction of sp³-hybridized carbons (Fsp3) is 0.296. The molecule has 1 aliphatic rings. The van der Waals surface area contributed by atoms with Crippen molar-refractivity contribution in [3.8, 4) is 5.75 Å². The second kappa shape index (κ2) is 14.8. The predicted molar refractivity (Wildman–Crippen MR) is 149 cm³/mol. The van der Waals surface area contributed by atoms with Crippen LogP contribution in [0.1, 0.15) is 12.5 Å². The molecule has 0 aromatic heterocycles. The molecule has 1 unspecified atom stereocenters. The van der Waals surface area contributed by atoms with E-state index < -0.39 is 0 Å². The molecule has 1 atom stereocenters. The van der Waals surface area contributed by atoms with Gasteiger partial charge in [0.1, 0.15) is 18.0 Å². The summed E-state index contributed by atoms with van der Waals surface area (Å²) in [5.74, 6) is 2.26. The van der Waals surface area contributed by atoms with E-state index in [1.54, 1.807) is 18.2 Å². The van der Waals surface area contributed by atoms with Crippen LogP contribution < -0.4 is 15.4 Å². The molecule has 186 valence electrons. The van der Waals surface area contributed by atoms with Crippen molar-refractivity contribution in [3.05, 3.63) is 94.5 Å². The molecule has 1 aliphatic heterocycles. The lowest BCUT2D eigenvalue weighted by Crippen LogP contribution is -2.38. The van der Waals surface area contributed by atoms with Crippen molar-refractivity contribution < 1.29 is 4.74 Å². The third-order valence-corrected chi connectivity index (χ3v) is 6.11. The summed E-state index contributed by atoms with van der Waals surface area (Å²) >= 11 is 17.9. The van der Waals surface area contributed by atoms with Crippen LogP contribution in [0, 0.1) is 0 Å². The molecule has 3 aromatic rings. The number of benzene rings is 3. The minimum absolute atomic E-state index is 0.309. The molecule has 5 nitrogen and oxygen atoms in total. The van der Waals surface area contributed by atoms with Crippen LogP contribution in [0.5, 0.6) is 5.75 Å². The zero-order chi connectivity index (χ0) is 24.9. The van der Waals surface area contributed by atoms with Gasteiger partial charge in [0.2, 0.25) is 0 Å². The molecule has 0 radical (unpaired) electrons. The summed E-state index contributed by atoms with van der Waals surface area (Å²) in [6.45, 7) is 6.34. The van der Waals surface area contributed by atoms with E-state index in [0.717, 1.165) is 37.9 Å². The maximum Gasteiger partial charge on any atom is 0.196 e. The van der Waals surface area contributed by atoms with Gasteiger partial charge in [-0.1, -0.05) is 77.8 Å². The lowest BCUT2D eigenvalue weighted by Gasteiger charge is -2.28. The molecule has 0 aliphatic carbocycles. The molecule has 4 rings (SSSR count). The molecule has 35 heavy (non-hydrogen) atoms. The minimum atomic E-state index is 0.309. The number of alkyl halides is 1. The summed E-state index contributed by atoms with van der Waals surface area (Å²) in [5.41, 5.74) is 1.90. The second-order valence-corrected chi connectivity index (χ2v) is 9.19. The van der Waals surface area contributed by atoms with Gasteiger partial charge in [-0.25, -0.2) is 4.99 Å². The molecule has 1 saturated heterocycles. The van der Waals surface area contributed by atoms with Gasteiger partial charge < -0.3 is 15.4 Å². The minimum Gasteiger partial charge on any atom is -0.492 e. The van der Waals surface area contributed by atoms with E-state index in [-0.39, 0.29) is 0 Å². The number of halogens is 3. The quantitative estimate of drug-likeness (QED) is 0.314. The van der Waals surface area contributed by atoms with Crippen LogP contribution in [0.3, 0.4) is 0 Å². The molecule has 2 N–H and O–H groups in total. The second-order valence-electron chi connectivity index (χ2n) is 8.00. The summed E-state index contributed by atoms with van der Waals surface area (Å²) in [5, 5.41) is 7.27. The van der Waals surface area contributed by atoms with Crippen molar-refractivity contribution in [3.63, 3.8) is 0 Å². The van der Waals surface area contributed by atoms with Crippen LogP contribution >= 0.6 is 34.8 Å². The highest BCUT2D eigenvalue weighted by Crippen LogP contribution is 2.32. The molecule has 1 heterocycles. The number of hydrogen-bond acceptors (Lipinski definition) is 3. The predicted octanol–water partition coefficient (Wildman–Crippen LogP) is 6.37. The summed E-state index contributed by atoms with van der Waals surface area (Å²) < 4.78 is 5.85. The van der Waals surface area contributed by atoms with Crippen LogP contribution in [0.15, 0.2) is 83.9 Å². The van der Waals surface area contributed by atoms with E-state index in [1.807, 2.05) is 36.4 Å². The van der Waals surface area contributed by atoms with Crippen LogP contribution in [0.2, 0.25) is 10.0 Å². The first-order valence-corrected chi connectivity index (χ1v) is 12.9. The summed E-state index contributed by atoms with van der Waals surface area (Å²) in [7, 11) is 0. The monoisotopic (exact) mass is 532 g/mol. The number of rotatable bonds is 9. The fourth-order valence-corrected chi connectivity index (χ4v) is 4.13. The van der Waals surface area contributed by atoms with Gasteiger partial charge in [0.15, 0.2) is 5.96 Å². The number of hydrogen-bond donors (Lipinski definition) is 2. The average Bonchev–Trinajstić information content (AvgIpc) is 3.40. The van der Waals surface area contributed by atoms with Crippen molar-refractivity contribution in [2.75, 3.05) is 32.1 Å². The van der Waals surface area contributed by atoms with E-state index >= 15 is 0 Å². The Balaban J connectivity index is 0.000000211. The molecule has 0 spiro atoms. The van der Waals surface area contributed by atoms with Gasteiger partial charge >= 0.3 is 0 Å². The molecule has 0 amide bonds. The Bertz CT molecular complexity index is 1020. The van der Waals surface area contributed by atoms with E-state index in [1.165, 1.54) is 5.56 Å². The fourth-order valence-electron chi connectivity index (χ4n) is 3.43. The molecule has 0 saturated carbocycles. The molecular weight excluding hydrogens is 503 g/mol. The number of guanidine groups is 1. The topological polar surface area (TPSA) is 48.9 Å². The van der Waals surface area contributed by atoms with Crippen LogP contribution in [0.4, 0.5) is 5.69 Å². The smallest absolute Gasteiger partial charge is 0.196 e. The van der Waals surface area contributed by atoms with Gasteiger partial charge in [-0.15, -0.1) is 11.6 Å². The molecular formula is C27H31Cl3N4O. The Morgan fingerprint density at radius 2 is 1.49 bits per heavy atom. The van der Waals surface area contributed by atoms with Gasteiger partial charge in [0, 0.05) is 38.1 Å². The van der Waals surface area contributed by atoms with Gasteiger partial charge in [-0.3, -0.25) is 4.90 Å². The Labute approximate surface area is 223 Å². The lowest BCUT2D eigenvalue weighted by atomic mass is 10.2. The number of nitrogens with one attached hydrogen (secondary N) is 2. The van der Waals surface area contributed by atoms with Crippen molar-refractivity contribution in [1.29, 1.82) is 0 Å². The Kier molecular flexibility index (Phi) is 11.5. The number of aliphatic imine (C=N–C) groups is 1. The summed E-state index contributed by atoms with van der Waals surface area (Å²) in [6, 6.07) is 26.0. The molecule has 8 heteroatoms. The van der Waals surface area contributed by atoms with E-state index in [2.05, 4.69) is 51.7 Å². The van der Waals surface area contributed by atoms with Gasteiger partial charge in [-0.05, 0) is 36.8 Å². The van der Waals surface area contributed by atoms with Crippen molar-refractivity contribution in [1.82, 2.24) is 15.5 Å². The number of nitrogens with zero attached hydrogens (tertiary/aromatic N) is 2. The van der Waals surface area contributed by atoms with Crippen molar-refractivity contribution in [2.24, 2.45) is 4.99 Å². The zero-order valence-electron chi connectivity index (χ0n) is 19.8. The van der Waals surface area contributed by atoms with Crippen molar-refractivity contribution in [2.45, 2.75) is 19.5 Å². The first-order valence-electron chi connectivity index (χ1n) is 11.6. The summed E-state index contributed by atoms with van der Waals surface area (Å²) in [4.78, 5) is 6.64. The Morgan fingerprint density at radius 1 is 0.886 bits per heavy atom. The Hall–Kier alpha value is -2.44. The van der Waals surface area contributed by atoms with Crippen LogP contribution in [-0.2, 0) is 6.54 Å². The first-order chi connectivity index (χ1) is 17.1. The van der Waals surface area contributed by atoms with Gasteiger partial charge in [0.25, 0.3) is 0 Å². The molecule has 0 bridgehead atoms. The highest BCUT2D eigenvalue weighted by Gasteiger charge is 2.14. The van der Waals surface area contributed by atoms with E-state index in [4.69, 9.17) is 39.5 Å². The SMILES string of the molecule is CC(COc1ccccc1)N(CCCl)Cc1ccccc1.Clc1cccc(Cl)c1N=C1NCCN1.